The maximum Gasteiger partial charge on any atom is 0.151 e. The fraction of sp³-hybridized carbons (Fsp3) is 0.800. The normalized spacial score (nSPS) is 19.6. The van der Waals surface area contributed by atoms with Gasteiger partial charge >= 0.3 is 0 Å². The number of carbonyl (C=O) groups excluding carboxylic acids is 1. The highest BCUT2D eigenvalue weighted by atomic mass is 16.4. The van der Waals surface area contributed by atoms with Gasteiger partial charge in [-0.3, -0.25) is 0 Å². The lowest BCUT2D eigenvalue weighted by Gasteiger charge is -2.16. The van der Waals surface area contributed by atoms with Gasteiger partial charge in [-0.05, 0) is 0 Å². The number of hydrogen-bond donors (Lipinski definition) is 4. The molecule has 5 nitrogen and oxygen atoms in total. The highest BCUT2D eigenvalue weighted by Crippen LogP contribution is 1.96. The Hall–Kier alpha value is -0.490. The number of aliphatic hydroxyl groups excluding tert-OH is 4. The molecule has 0 rings (SSSR count). The number of aldehydes is 1. The Bertz CT molecular complexity index is 104. The van der Waals surface area contributed by atoms with E-state index in [4.69, 9.17) is 20.4 Å². The Morgan fingerprint density at radius 2 is 1.80 bits per heavy atom. The van der Waals surface area contributed by atoms with Crippen LogP contribution in [-0.2, 0) is 4.79 Å². The second-order valence-electron chi connectivity index (χ2n) is 1.87. The minimum atomic E-state index is -1.64. The van der Waals surface area contributed by atoms with Crippen molar-refractivity contribution in [3.63, 3.8) is 0 Å². The van der Waals surface area contributed by atoms with Gasteiger partial charge in [0.25, 0.3) is 0 Å². The lowest BCUT2D eigenvalue weighted by atomic mass is 10.4. The topological polar surface area (TPSA) is 98.0 Å². The summed E-state index contributed by atoms with van der Waals surface area (Å²) in [6, 6.07) is 0. The molecule has 0 fully saturated rings. The summed E-state index contributed by atoms with van der Waals surface area (Å²) in [4.78, 5) is 9.76. The lowest BCUT2D eigenvalue weighted by Crippen LogP contribution is -2.40. The number of hydrogen-bond acceptors (Lipinski definition) is 5. The monoisotopic (exact) mass is 151 g/mol. The summed E-state index contributed by atoms with van der Waals surface area (Å²) in [5.74, 6) is 0. The quantitative estimate of drug-likeness (QED) is 0.258. The molecule has 0 bridgehead atoms. The molecule has 0 heterocycles. The second-order valence-corrected chi connectivity index (χ2v) is 1.87. The fourth-order valence-electron chi connectivity index (χ4n) is 0.416. The fourth-order valence-corrected chi connectivity index (χ4v) is 0.416. The summed E-state index contributed by atoms with van der Waals surface area (Å²) in [6.07, 6.45) is -4.63. The van der Waals surface area contributed by atoms with Crippen molar-refractivity contribution in [3.8, 4) is 0 Å². The van der Waals surface area contributed by atoms with Crippen LogP contribution in [0.1, 0.15) is 0 Å². The number of aliphatic hydroxyl groups is 4. The van der Waals surface area contributed by atoms with Gasteiger partial charge in [-0.2, -0.15) is 0 Å². The van der Waals surface area contributed by atoms with Gasteiger partial charge in [0.15, 0.2) is 6.29 Å². The molecule has 3 atom stereocenters. The van der Waals surface area contributed by atoms with Crippen molar-refractivity contribution in [2.45, 2.75) is 18.3 Å². The van der Waals surface area contributed by atoms with E-state index in [-0.39, 0.29) is 6.29 Å². The van der Waals surface area contributed by atoms with Gasteiger partial charge in [-0.1, -0.05) is 0 Å². The third kappa shape index (κ3) is 2.40. The molecule has 0 aromatic carbocycles. The van der Waals surface area contributed by atoms with Crippen LogP contribution in [0, 0.1) is 0 Å². The predicted molar refractivity (Wildman–Crippen MR) is 31.2 cm³/mol. The first-order chi connectivity index (χ1) is 4.63. The number of rotatable bonds is 4. The third-order valence-corrected chi connectivity index (χ3v) is 1.07. The molecule has 0 aliphatic heterocycles. The first-order valence-corrected chi connectivity index (χ1v) is 2.73. The molecule has 0 saturated heterocycles. The smallest absolute Gasteiger partial charge is 0.151 e. The molecule has 0 radical (unpaired) electrons. The Labute approximate surface area is 57.5 Å². The minimum Gasteiger partial charge on any atom is -0.394 e. The summed E-state index contributed by atoms with van der Waals surface area (Å²) >= 11 is 0. The summed E-state index contributed by atoms with van der Waals surface area (Å²) in [6.45, 7) is -0.688. The lowest BCUT2D eigenvalue weighted by molar-refractivity contribution is -0.127. The van der Waals surface area contributed by atoms with E-state index >= 15 is 0 Å². The van der Waals surface area contributed by atoms with Gasteiger partial charge < -0.3 is 25.2 Å². The Morgan fingerprint density at radius 3 is 2.10 bits per heavy atom. The largest absolute Gasteiger partial charge is 0.394 e. The maximum atomic E-state index is 9.76. The average molecular weight is 151 g/mol. The van der Waals surface area contributed by atoms with Gasteiger partial charge in [0.2, 0.25) is 0 Å². The molecule has 0 saturated carbocycles. The molecule has 10 heavy (non-hydrogen) atoms. The SMILES string of the molecule is O=C[C@H](O)[13C@H](O)[C@H](O)CO. The summed E-state index contributed by atoms with van der Waals surface area (Å²) in [5, 5.41) is 34.1. The molecular formula is C5H10O5. The van der Waals surface area contributed by atoms with Crippen molar-refractivity contribution >= 4 is 6.29 Å². The molecule has 0 amide bonds. The van der Waals surface area contributed by atoms with Gasteiger partial charge in [0.1, 0.15) is 18.3 Å². The van der Waals surface area contributed by atoms with Crippen LogP contribution in [0.25, 0.3) is 0 Å². The Kier molecular flexibility index (Phi) is 4.13. The van der Waals surface area contributed by atoms with Gasteiger partial charge in [0.05, 0.1) is 6.61 Å². The van der Waals surface area contributed by atoms with Crippen molar-refractivity contribution in [2.75, 3.05) is 6.61 Å². The molecule has 60 valence electrons. The maximum absolute atomic E-state index is 9.76. The van der Waals surface area contributed by atoms with E-state index in [0.29, 0.717) is 0 Å². The molecule has 0 spiro atoms. The molecule has 0 aromatic rings. The van der Waals surface area contributed by atoms with Crippen LogP contribution in [0.15, 0.2) is 0 Å². The Morgan fingerprint density at radius 1 is 1.30 bits per heavy atom. The zero-order valence-electron chi connectivity index (χ0n) is 5.21. The molecule has 0 unspecified atom stereocenters. The standard InChI is InChI=1S/C5H10O5/c6-1-3(8)5(10)4(9)2-7/h1,3-5,7-10H,2H2/t3-,4+,5-/m0/s1/i5+1. The van der Waals surface area contributed by atoms with Crippen molar-refractivity contribution in [3.05, 3.63) is 0 Å². The zero-order valence-corrected chi connectivity index (χ0v) is 5.21. The summed E-state index contributed by atoms with van der Waals surface area (Å²) < 4.78 is 0. The van der Waals surface area contributed by atoms with E-state index < -0.39 is 24.9 Å². The molecular weight excluding hydrogens is 141 g/mol. The first kappa shape index (κ1) is 9.51. The van der Waals surface area contributed by atoms with E-state index in [1.165, 1.54) is 0 Å². The van der Waals surface area contributed by atoms with Gasteiger partial charge in [0, 0.05) is 0 Å². The van der Waals surface area contributed by atoms with Gasteiger partial charge in [-0.15, -0.1) is 0 Å². The highest BCUT2D eigenvalue weighted by molar-refractivity contribution is 5.56. The second kappa shape index (κ2) is 4.35. The van der Waals surface area contributed by atoms with Crippen molar-refractivity contribution in [1.29, 1.82) is 0 Å². The van der Waals surface area contributed by atoms with Crippen LogP contribution in [-0.4, -0.2) is 51.6 Å². The molecule has 0 aliphatic carbocycles. The van der Waals surface area contributed by atoms with Crippen LogP contribution < -0.4 is 0 Å². The van der Waals surface area contributed by atoms with E-state index in [0.717, 1.165) is 0 Å². The van der Waals surface area contributed by atoms with Crippen LogP contribution in [0.2, 0.25) is 0 Å². The van der Waals surface area contributed by atoms with Crippen LogP contribution in [0.3, 0.4) is 0 Å². The van der Waals surface area contributed by atoms with E-state index in [1.54, 1.807) is 0 Å². The van der Waals surface area contributed by atoms with E-state index in [1.807, 2.05) is 0 Å². The van der Waals surface area contributed by atoms with Crippen molar-refractivity contribution in [1.82, 2.24) is 0 Å². The van der Waals surface area contributed by atoms with E-state index in [2.05, 4.69) is 0 Å². The summed E-state index contributed by atoms with van der Waals surface area (Å²) in [5.41, 5.74) is 0. The molecule has 0 aliphatic rings. The third-order valence-electron chi connectivity index (χ3n) is 1.07. The van der Waals surface area contributed by atoms with Crippen LogP contribution in [0.5, 0.6) is 0 Å². The molecule has 0 aromatic heterocycles. The predicted octanol–water partition coefficient (Wildman–Crippen LogP) is -2.74. The van der Waals surface area contributed by atoms with Crippen molar-refractivity contribution < 1.29 is 25.2 Å². The average Bonchev–Trinajstić information content (AvgIpc) is 2.00. The first-order valence-electron chi connectivity index (χ1n) is 2.73. The highest BCUT2D eigenvalue weighted by Gasteiger charge is 2.22. The minimum absolute atomic E-state index is 0.0869. The number of carbonyl (C=O) groups is 1. The van der Waals surface area contributed by atoms with Gasteiger partial charge in [-0.25, -0.2) is 0 Å². The van der Waals surface area contributed by atoms with Crippen LogP contribution >= 0.6 is 0 Å². The van der Waals surface area contributed by atoms with Crippen LogP contribution in [0.4, 0.5) is 0 Å². The Balaban J connectivity index is 3.80. The van der Waals surface area contributed by atoms with E-state index in [9.17, 15) is 4.79 Å². The summed E-state index contributed by atoms with van der Waals surface area (Å²) in [7, 11) is 0. The molecule has 5 heteroatoms. The van der Waals surface area contributed by atoms with Crippen molar-refractivity contribution in [2.24, 2.45) is 0 Å². The molecule has 4 N–H and O–H groups in total. The zero-order chi connectivity index (χ0) is 8.15.